The van der Waals surface area contributed by atoms with E-state index in [1.165, 1.54) is 0 Å². The van der Waals surface area contributed by atoms with Crippen molar-refractivity contribution in [3.63, 3.8) is 0 Å². The molecule has 0 saturated carbocycles. The fraction of sp³-hybridized carbons (Fsp3) is 0.185. The second-order valence-electron chi connectivity index (χ2n) is 7.34. The van der Waals surface area contributed by atoms with Gasteiger partial charge in [-0.25, -0.2) is 4.99 Å². The fourth-order valence-corrected chi connectivity index (χ4v) is 3.71. The predicted molar refractivity (Wildman–Crippen MR) is 132 cm³/mol. The predicted octanol–water partition coefficient (Wildman–Crippen LogP) is 4.95. The molecule has 1 amide bonds. The number of aliphatic imine (C=N–C) groups is 1. The van der Waals surface area contributed by atoms with Crippen LogP contribution < -0.4 is 23.8 Å². The topological polar surface area (TPSA) is 69.6 Å². The molecule has 0 aromatic heterocycles. The molecular weight excluding hydrogens is 432 g/mol. The lowest BCUT2D eigenvalue weighted by molar-refractivity contribution is -0.113. The molecule has 1 heterocycles. The number of carbonyl (C=O) groups is 1. The van der Waals surface area contributed by atoms with Gasteiger partial charge >= 0.3 is 0 Å². The van der Waals surface area contributed by atoms with Crippen LogP contribution in [0.3, 0.4) is 0 Å². The minimum atomic E-state index is -0.261. The first-order valence-electron chi connectivity index (χ1n) is 10.8. The maximum atomic E-state index is 13.6. The number of rotatable bonds is 8. The van der Waals surface area contributed by atoms with Crippen LogP contribution in [-0.2, 0) is 4.79 Å². The van der Waals surface area contributed by atoms with Gasteiger partial charge in [-0.1, -0.05) is 12.1 Å². The zero-order valence-corrected chi connectivity index (χ0v) is 19.6. The normalized spacial score (nSPS) is 14.2. The molecule has 0 saturated heterocycles. The van der Waals surface area contributed by atoms with Crippen LogP contribution in [0.25, 0.3) is 6.08 Å². The van der Waals surface area contributed by atoms with Gasteiger partial charge in [0.05, 0.1) is 39.2 Å². The van der Waals surface area contributed by atoms with Crippen molar-refractivity contribution in [3.05, 3.63) is 83.6 Å². The zero-order valence-electron chi connectivity index (χ0n) is 19.6. The molecular formula is C27H26N2O5. The Labute approximate surface area is 198 Å². The van der Waals surface area contributed by atoms with Gasteiger partial charge in [0.25, 0.3) is 5.91 Å². The number of para-hydroxylation sites is 1. The van der Waals surface area contributed by atoms with Crippen molar-refractivity contribution in [3.8, 4) is 23.0 Å². The second kappa shape index (κ2) is 10.1. The number of hydrogen-bond acceptors (Lipinski definition) is 6. The van der Waals surface area contributed by atoms with Gasteiger partial charge in [-0.15, -0.1) is 0 Å². The molecule has 34 heavy (non-hydrogen) atoms. The van der Waals surface area contributed by atoms with Crippen molar-refractivity contribution in [1.82, 2.24) is 0 Å². The Balaban J connectivity index is 1.83. The summed E-state index contributed by atoms with van der Waals surface area (Å²) in [4.78, 5) is 19.9. The van der Waals surface area contributed by atoms with Gasteiger partial charge in [0.2, 0.25) is 0 Å². The van der Waals surface area contributed by atoms with Gasteiger partial charge in [-0.2, -0.15) is 0 Å². The SMILES string of the molecule is CCOc1ccc(N2C(=O)/C(=C\c3ccc(OC)cc3OC)N=C2c2ccccc2OC)cc1. The largest absolute Gasteiger partial charge is 0.497 e. The van der Waals surface area contributed by atoms with E-state index in [0.29, 0.717) is 46.5 Å². The number of methoxy groups -OCH3 is 3. The molecule has 174 valence electrons. The molecule has 1 aliphatic rings. The maximum absolute atomic E-state index is 13.6. The van der Waals surface area contributed by atoms with Crippen LogP contribution in [-0.4, -0.2) is 39.7 Å². The molecule has 0 aliphatic carbocycles. The van der Waals surface area contributed by atoms with Crippen LogP contribution in [0.4, 0.5) is 5.69 Å². The van der Waals surface area contributed by atoms with E-state index in [2.05, 4.69) is 0 Å². The lowest BCUT2D eigenvalue weighted by atomic mass is 10.1. The molecule has 4 rings (SSSR count). The number of benzene rings is 3. The molecule has 0 radical (unpaired) electrons. The molecule has 0 fully saturated rings. The standard InChI is InChI=1S/C27H26N2O5/c1-5-34-20-14-11-19(12-15-20)29-26(22-8-6-7-9-24(22)32-3)28-23(27(29)30)16-18-10-13-21(31-2)17-25(18)33-4/h6-17H,5H2,1-4H3/b23-16+. The molecule has 0 N–H and O–H groups in total. The molecule has 0 bridgehead atoms. The van der Waals surface area contributed by atoms with Crippen molar-refractivity contribution < 1.29 is 23.7 Å². The van der Waals surface area contributed by atoms with E-state index in [1.807, 2.05) is 67.6 Å². The van der Waals surface area contributed by atoms with Crippen molar-refractivity contribution in [2.24, 2.45) is 4.99 Å². The summed E-state index contributed by atoms with van der Waals surface area (Å²) < 4.78 is 21.9. The minimum absolute atomic E-state index is 0.261. The van der Waals surface area contributed by atoms with E-state index in [-0.39, 0.29) is 11.6 Å². The summed E-state index contributed by atoms with van der Waals surface area (Å²) >= 11 is 0. The van der Waals surface area contributed by atoms with Gasteiger partial charge in [0.1, 0.15) is 28.7 Å². The summed E-state index contributed by atoms with van der Waals surface area (Å²) in [6, 6.07) is 20.2. The van der Waals surface area contributed by atoms with Crippen molar-refractivity contribution in [2.75, 3.05) is 32.8 Å². The average molecular weight is 459 g/mol. The Hall–Kier alpha value is -4.26. The number of anilines is 1. The number of ether oxygens (including phenoxy) is 4. The second-order valence-corrected chi connectivity index (χ2v) is 7.34. The van der Waals surface area contributed by atoms with E-state index < -0.39 is 0 Å². The van der Waals surface area contributed by atoms with Crippen LogP contribution in [0.2, 0.25) is 0 Å². The number of nitrogens with zero attached hydrogens (tertiary/aromatic N) is 2. The highest BCUT2D eigenvalue weighted by molar-refractivity contribution is 6.33. The summed E-state index contributed by atoms with van der Waals surface area (Å²) in [6.45, 7) is 2.49. The highest BCUT2D eigenvalue weighted by Crippen LogP contribution is 2.33. The van der Waals surface area contributed by atoms with E-state index in [0.717, 1.165) is 5.75 Å². The van der Waals surface area contributed by atoms with Gasteiger partial charge in [0.15, 0.2) is 5.84 Å². The number of amides is 1. The van der Waals surface area contributed by atoms with E-state index >= 15 is 0 Å². The fourth-order valence-electron chi connectivity index (χ4n) is 3.71. The Kier molecular flexibility index (Phi) is 6.82. The first-order chi connectivity index (χ1) is 16.6. The third kappa shape index (κ3) is 4.45. The van der Waals surface area contributed by atoms with Crippen molar-refractivity contribution in [2.45, 2.75) is 6.92 Å². The monoisotopic (exact) mass is 458 g/mol. The molecule has 0 atom stereocenters. The molecule has 0 spiro atoms. The molecule has 3 aromatic carbocycles. The Morgan fingerprint density at radius 1 is 0.853 bits per heavy atom. The number of carbonyl (C=O) groups excluding carboxylic acids is 1. The summed E-state index contributed by atoms with van der Waals surface area (Å²) in [5.41, 5.74) is 2.36. The van der Waals surface area contributed by atoms with Crippen LogP contribution in [0.5, 0.6) is 23.0 Å². The molecule has 0 unspecified atom stereocenters. The Morgan fingerprint density at radius 3 is 2.24 bits per heavy atom. The minimum Gasteiger partial charge on any atom is -0.497 e. The van der Waals surface area contributed by atoms with Crippen LogP contribution >= 0.6 is 0 Å². The highest BCUT2D eigenvalue weighted by Gasteiger charge is 2.34. The summed E-state index contributed by atoms with van der Waals surface area (Å²) in [6.07, 6.45) is 1.71. The first-order valence-corrected chi connectivity index (χ1v) is 10.8. The quantitative estimate of drug-likeness (QED) is 0.447. The first kappa shape index (κ1) is 22.9. The van der Waals surface area contributed by atoms with Crippen LogP contribution in [0.1, 0.15) is 18.1 Å². The van der Waals surface area contributed by atoms with E-state index in [9.17, 15) is 4.79 Å². The average Bonchev–Trinajstić information content (AvgIpc) is 3.20. The van der Waals surface area contributed by atoms with Gasteiger partial charge < -0.3 is 18.9 Å². The lowest BCUT2D eigenvalue weighted by Crippen LogP contribution is -2.32. The number of hydrogen-bond donors (Lipinski definition) is 0. The van der Waals surface area contributed by atoms with Crippen LogP contribution in [0, 0.1) is 0 Å². The smallest absolute Gasteiger partial charge is 0.282 e. The Morgan fingerprint density at radius 2 is 1.56 bits per heavy atom. The van der Waals surface area contributed by atoms with Crippen molar-refractivity contribution in [1.29, 1.82) is 0 Å². The van der Waals surface area contributed by atoms with Crippen LogP contribution in [0.15, 0.2) is 77.4 Å². The molecule has 3 aromatic rings. The summed E-state index contributed by atoms with van der Waals surface area (Å²) in [5.74, 6) is 2.80. The summed E-state index contributed by atoms with van der Waals surface area (Å²) in [5, 5.41) is 0. The zero-order chi connectivity index (χ0) is 24.1. The van der Waals surface area contributed by atoms with Gasteiger partial charge in [0, 0.05) is 11.6 Å². The third-order valence-corrected chi connectivity index (χ3v) is 5.35. The van der Waals surface area contributed by atoms with E-state index in [1.54, 1.807) is 38.4 Å². The van der Waals surface area contributed by atoms with E-state index in [4.69, 9.17) is 23.9 Å². The molecule has 7 heteroatoms. The molecule has 1 aliphatic heterocycles. The summed E-state index contributed by atoms with van der Waals surface area (Å²) in [7, 11) is 4.76. The van der Waals surface area contributed by atoms with Gasteiger partial charge in [-0.3, -0.25) is 9.69 Å². The van der Waals surface area contributed by atoms with Crippen molar-refractivity contribution >= 4 is 23.5 Å². The third-order valence-electron chi connectivity index (χ3n) is 5.35. The maximum Gasteiger partial charge on any atom is 0.282 e. The van der Waals surface area contributed by atoms with Gasteiger partial charge in [-0.05, 0) is 61.5 Å². The lowest BCUT2D eigenvalue weighted by Gasteiger charge is -2.20. The molecule has 7 nitrogen and oxygen atoms in total. The number of amidine groups is 1. The Bertz CT molecular complexity index is 1250. The highest BCUT2D eigenvalue weighted by atomic mass is 16.5.